The molecule has 0 amide bonds. The van der Waals surface area contributed by atoms with Crippen LogP contribution in [0.4, 0.5) is 0 Å². The van der Waals surface area contributed by atoms with Crippen LogP contribution in [0.15, 0.2) is 0 Å². The fourth-order valence-corrected chi connectivity index (χ4v) is 0. The van der Waals surface area contributed by atoms with Gasteiger partial charge in [-0.3, -0.25) is 0 Å². The van der Waals surface area contributed by atoms with Gasteiger partial charge in [0.1, 0.15) is 0 Å². The second-order valence-electron chi connectivity index (χ2n) is 3.56. The maximum atomic E-state index is 9.34. The molecular weight excluding hydrogens is 507 g/mol. The first-order chi connectivity index (χ1) is 9.84. The van der Waals surface area contributed by atoms with Gasteiger partial charge in [-0.05, 0) is 20.8 Å². The Hall–Kier alpha value is -0.855. The Morgan fingerprint density at radius 2 is 0.913 bits per heavy atom. The van der Waals surface area contributed by atoms with Crippen molar-refractivity contribution in [3.8, 4) is 0 Å². The van der Waals surface area contributed by atoms with E-state index < -0.39 is 36.2 Å². The number of carboxylic acid groups (broad SMARTS) is 3. The third-order valence-corrected chi connectivity index (χ3v) is 1.18. The third-order valence-electron chi connectivity index (χ3n) is 1.18. The van der Waals surface area contributed by atoms with Crippen molar-refractivity contribution in [1.82, 2.24) is 0 Å². The van der Waals surface area contributed by atoms with Crippen LogP contribution in [0.5, 0.6) is 0 Å². The van der Waals surface area contributed by atoms with Crippen molar-refractivity contribution in [2.75, 3.05) is 13.2 Å². The maximum absolute atomic E-state index is 9.34. The number of carbonyl (C=O) groups excluding carboxylic acids is 3. The fourth-order valence-electron chi connectivity index (χ4n) is 0. The van der Waals surface area contributed by atoms with Gasteiger partial charge >= 0.3 is 27.7 Å². The van der Waals surface area contributed by atoms with Gasteiger partial charge in [-0.1, -0.05) is 0 Å². The molecule has 0 bridgehead atoms. The fraction of sp³-hybridized carbons (Fsp3) is 0.727. The summed E-state index contributed by atoms with van der Waals surface area (Å²) in [6, 6.07) is 0. The van der Waals surface area contributed by atoms with Crippen LogP contribution >= 0.6 is 0 Å². The van der Waals surface area contributed by atoms with Crippen molar-refractivity contribution in [3.05, 3.63) is 0 Å². The van der Waals surface area contributed by atoms with E-state index in [-0.39, 0.29) is 34.3 Å². The Kier molecular flexibility index (Phi) is 34.3. The monoisotopic (exact) mass is 531 g/mol. The van der Waals surface area contributed by atoms with E-state index in [1.54, 1.807) is 0 Å². The number of hydrogen-bond donors (Lipinski definition) is 5. The molecule has 3 atom stereocenters. The molecule has 0 radical (unpaired) electrons. The number of rotatable bonds is 4. The Balaban J connectivity index is -0.0000000624. The molecule has 0 aliphatic carbocycles. The van der Waals surface area contributed by atoms with Crippen molar-refractivity contribution in [1.29, 1.82) is 0 Å². The average molecular weight is 530 g/mol. The van der Waals surface area contributed by atoms with Gasteiger partial charge in [0, 0.05) is 0 Å². The Morgan fingerprint density at radius 1 is 0.826 bits per heavy atom. The van der Waals surface area contributed by atoms with Crippen LogP contribution in [0.3, 0.4) is 0 Å². The number of aliphatic hydroxyl groups is 4. The van der Waals surface area contributed by atoms with E-state index in [2.05, 4.69) is 5.73 Å². The minimum atomic E-state index is -1.44. The molecule has 12 heteroatoms. The number of hydrogen-bond acceptors (Lipinski definition) is 10. The first-order valence-electron chi connectivity index (χ1n) is 5.91. The van der Waals surface area contributed by atoms with E-state index in [4.69, 9.17) is 20.4 Å². The summed E-state index contributed by atoms with van der Waals surface area (Å²) in [5.41, 5.74) is 3.35. The molecule has 0 aliphatic heterocycles. The average Bonchev–Trinajstić information content (AvgIpc) is 2.39. The van der Waals surface area contributed by atoms with Gasteiger partial charge in [-0.2, -0.15) is 0 Å². The van der Waals surface area contributed by atoms with E-state index >= 15 is 0 Å². The molecule has 0 aliphatic rings. The van der Waals surface area contributed by atoms with Gasteiger partial charge in [0.25, 0.3) is 0 Å². The SMILES string of the molecule is CC(O)C(=O)[O-].CC(O)C(=O)[O-].CC(O)C(=O)[O-].[Hg+2].[NH3+]CCO. The molecule has 3 unspecified atom stereocenters. The zero-order valence-corrected chi connectivity index (χ0v) is 18.8. The van der Waals surface area contributed by atoms with Gasteiger partial charge in [0.2, 0.25) is 0 Å². The molecule has 0 aromatic heterocycles. The molecule has 0 spiro atoms. The van der Waals surface area contributed by atoms with Crippen molar-refractivity contribution in [2.45, 2.75) is 39.1 Å². The van der Waals surface area contributed by atoms with Crippen LogP contribution in [0, 0.1) is 0 Å². The second-order valence-corrected chi connectivity index (χ2v) is 3.56. The molecular formula is C11H23HgNO10. The molecule has 0 saturated carbocycles. The third kappa shape index (κ3) is 52.5. The van der Waals surface area contributed by atoms with E-state index in [0.717, 1.165) is 20.8 Å². The summed E-state index contributed by atoms with van der Waals surface area (Å²) in [5.74, 6) is -4.31. The second kappa shape index (κ2) is 23.4. The molecule has 0 aromatic rings. The summed E-state index contributed by atoms with van der Waals surface area (Å²) >= 11 is 0. The van der Waals surface area contributed by atoms with E-state index in [1.165, 1.54) is 0 Å². The van der Waals surface area contributed by atoms with Crippen LogP contribution < -0.4 is 21.1 Å². The van der Waals surface area contributed by atoms with E-state index in [9.17, 15) is 29.7 Å². The number of carboxylic acids is 3. The summed E-state index contributed by atoms with van der Waals surface area (Å²) in [4.78, 5) is 28.0. The zero-order valence-electron chi connectivity index (χ0n) is 13.3. The normalized spacial score (nSPS) is 12.0. The maximum Gasteiger partial charge on any atom is 2.00 e. The van der Waals surface area contributed by atoms with E-state index in [1.807, 2.05) is 0 Å². The van der Waals surface area contributed by atoms with Crippen molar-refractivity contribution in [3.63, 3.8) is 0 Å². The molecule has 0 aromatic carbocycles. The Labute approximate surface area is 153 Å². The summed E-state index contributed by atoms with van der Waals surface area (Å²) in [7, 11) is 0. The molecule has 11 nitrogen and oxygen atoms in total. The summed E-state index contributed by atoms with van der Waals surface area (Å²) < 4.78 is 0. The van der Waals surface area contributed by atoms with Gasteiger partial charge in [-0.25, -0.2) is 0 Å². The van der Waals surface area contributed by atoms with Crippen LogP contribution in [-0.4, -0.2) is 69.8 Å². The molecule has 0 heterocycles. The van der Waals surface area contributed by atoms with Gasteiger partial charge in [-0.15, -0.1) is 0 Å². The topological polar surface area (TPSA) is 229 Å². The predicted octanol–water partition coefficient (Wildman–Crippen LogP) is -7.43. The number of carbonyl (C=O) groups is 3. The smallest absolute Gasteiger partial charge is 0.547 e. The largest absolute Gasteiger partial charge is 2.00 e. The summed E-state index contributed by atoms with van der Waals surface area (Å²) in [5, 5.41) is 59.7. The van der Waals surface area contributed by atoms with Crippen LogP contribution in [0.2, 0.25) is 0 Å². The first kappa shape index (κ1) is 33.7. The van der Waals surface area contributed by atoms with Crippen molar-refractivity contribution in [2.24, 2.45) is 0 Å². The van der Waals surface area contributed by atoms with Crippen molar-refractivity contribution < 1.29 is 83.5 Å². The molecule has 7 N–H and O–H groups in total. The van der Waals surface area contributed by atoms with Crippen LogP contribution in [-0.2, 0) is 42.1 Å². The number of aliphatic hydroxyl groups excluding tert-OH is 4. The van der Waals surface area contributed by atoms with Gasteiger partial charge in [0.05, 0.1) is 49.4 Å². The number of quaternary nitrogens is 1. The van der Waals surface area contributed by atoms with E-state index in [0.29, 0.717) is 6.54 Å². The van der Waals surface area contributed by atoms with Crippen molar-refractivity contribution >= 4 is 17.9 Å². The Morgan fingerprint density at radius 3 is 0.913 bits per heavy atom. The predicted molar refractivity (Wildman–Crippen MR) is 64.9 cm³/mol. The standard InChI is InChI=1S/3C3H6O3.C2H7NO.Hg/c3*1-2(4)3(5)6;3-1-2-4;/h3*2,4H,1H3,(H,5,6);4H,1-3H2;/q;;;;+2/p-2. The van der Waals surface area contributed by atoms with Gasteiger partial charge in [0.15, 0.2) is 0 Å². The summed E-state index contributed by atoms with van der Waals surface area (Å²) in [6.07, 6.45) is -4.03. The minimum Gasteiger partial charge on any atom is -0.547 e. The molecule has 0 fully saturated rings. The molecule has 134 valence electrons. The van der Waals surface area contributed by atoms with Crippen LogP contribution in [0.25, 0.3) is 0 Å². The zero-order chi connectivity index (χ0) is 18.9. The first-order valence-corrected chi connectivity index (χ1v) is 5.91. The Bertz CT molecular complexity index is 252. The summed E-state index contributed by atoms with van der Waals surface area (Å²) in [6.45, 7) is 4.24. The molecule has 0 saturated heterocycles. The van der Waals surface area contributed by atoms with Gasteiger partial charge < -0.3 is 55.9 Å². The minimum absolute atomic E-state index is 0. The number of aliphatic carboxylic acids is 3. The molecule has 0 rings (SSSR count). The van der Waals surface area contributed by atoms with Crippen LogP contribution in [0.1, 0.15) is 20.8 Å². The quantitative estimate of drug-likeness (QED) is 0.216. The molecule has 23 heavy (non-hydrogen) atoms.